The van der Waals surface area contributed by atoms with Crippen LogP contribution in [0, 0.1) is 5.82 Å². The maximum atomic E-state index is 13.5. The highest BCUT2D eigenvalue weighted by molar-refractivity contribution is 6.00. The molecule has 108 valence electrons. The highest BCUT2D eigenvalue weighted by Gasteiger charge is 2.29. The van der Waals surface area contributed by atoms with Crippen molar-refractivity contribution in [2.45, 2.75) is 18.9 Å². The van der Waals surface area contributed by atoms with Crippen molar-refractivity contribution in [3.63, 3.8) is 0 Å². The molecule has 1 saturated heterocycles. The van der Waals surface area contributed by atoms with E-state index in [4.69, 9.17) is 10.2 Å². The summed E-state index contributed by atoms with van der Waals surface area (Å²) in [4.78, 5) is 24.5. The first-order valence-electron chi connectivity index (χ1n) is 6.25. The van der Waals surface area contributed by atoms with E-state index in [1.54, 1.807) is 0 Å². The predicted octanol–water partition coefficient (Wildman–Crippen LogP) is 1.51. The largest absolute Gasteiger partial charge is 0.478 e. The second kappa shape index (κ2) is 5.87. The van der Waals surface area contributed by atoms with Crippen LogP contribution < -0.4 is 5.32 Å². The lowest BCUT2D eigenvalue weighted by Gasteiger charge is -2.23. The van der Waals surface area contributed by atoms with Gasteiger partial charge in [0.05, 0.1) is 18.3 Å². The summed E-state index contributed by atoms with van der Waals surface area (Å²) in [7, 11) is 0. The average molecular weight is 282 g/mol. The van der Waals surface area contributed by atoms with Gasteiger partial charge < -0.3 is 20.4 Å². The van der Waals surface area contributed by atoms with E-state index in [0.29, 0.717) is 13.0 Å². The summed E-state index contributed by atoms with van der Waals surface area (Å²) in [6.07, 6.45) is 1.46. The SMILES string of the molecule is O=C(O)c1c(F)cccc1NC(=O)N1CCCC1CO. The number of aromatic carboxylic acids is 1. The van der Waals surface area contributed by atoms with Gasteiger partial charge in [-0.15, -0.1) is 0 Å². The van der Waals surface area contributed by atoms with E-state index in [9.17, 15) is 14.0 Å². The fourth-order valence-electron chi connectivity index (χ4n) is 2.33. The number of carbonyl (C=O) groups excluding carboxylic acids is 1. The minimum atomic E-state index is -1.45. The van der Waals surface area contributed by atoms with Crippen LogP contribution in [-0.4, -0.2) is 46.3 Å². The molecule has 1 aliphatic heterocycles. The van der Waals surface area contributed by atoms with Crippen molar-refractivity contribution >= 4 is 17.7 Å². The lowest BCUT2D eigenvalue weighted by atomic mass is 10.1. The third-order valence-electron chi connectivity index (χ3n) is 3.32. The smallest absolute Gasteiger partial charge is 0.340 e. The molecule has 0 saturated carbocycles. The van der Waals surface area contributed by atoms with Crippen molar-refractivity contribution in [3.05, 3.63) is 29.6 Å². The Hall–Kier alpha value is -2.15. The maximum Gasteiger partial charge on any atom is 0.340 e. The van der Waals surface area contributed by atoms with Crippen molar-refractivity contribution in [3.8, 4) is 0 Å². The molecule has 0 aromatic heterocycles. The van der Waals surface area contributed by atoms with Gasteiger partial charge in [-0.25, -0.2) is 14.0 Å². The number of nitrogens with zero attached hydrogens (tertiary/aromatic N) is 1. The van der Waals surface area contributed by atoms with Gasteiger partial charge in [-0.3, -0.25) is 0 Å². The van der Waals surface area contributed by atoms with Crippen LogP contribution in [0.4, 0.5) is 14.9 Å². The minimum Gasteiger partial charge on any atom is -0.478 e. The molecular formula is C13H15FN2O4. The fraction of sp³-hybridized carbons (Fsp3) is 0.385. The van der Waals surface area contributed by atoms with Crippen LogP contribution in [0.3, 0.4) is 0 Å². The number of halogens is 1. The van der Waals surface area contributed by atoms with Crippen molar-refractivity contribution < 1.29 is 24.2 Å². The second-order valence-corrected chi connectivity index (χ2v) is 4.57. The summed E-state index contributed by atoms with van der Waals surface area (Å²) in [5.41, 5.74) is -0.660. The van der Waals surface area contributed by atoms with Gasteiger partial charge in [0.1, 0.15) is 11.4 Å². The van der Waals surface area contributed by atoms with Crippen LogP contribution in [0.15, 0.2) is 18.2 Å². The first kappa shape index (κ1) is 14.3. The van der Waals surface area contributed by atoms with Crippen LogP contribution in [0.2, 0.25) is 0 Å². The van der Waals surface area contributed by atoms with Crippen LogP contribution in [-0.2, 0) is 0 Å². The van der Waals surface area contributed by atoms with Gasteiger partial charge in [0.2, 0.25) is 0 Å². The van der Waals surface area contributed by atoms with Gasteiger partial charge in [-0.1, -0.05) is 6.07 Å². The van der Waals surface area contributed by atoms with E-state index in [2.05, 4.69) is 5.32 Å². The molecule has 3 N–H and O–H groups in total. The van der Waals surface area contributed by atoms with Gasteiger partial charge in [0.25, 0.3) is 0 Å². The van der Waals surface area contributed by atoms with Gasteiger partial charge in [0.15, 0.2) is 0 Å². The molecule has 7 heteroatoms. The summed E-state index contributed by atoms with van der Waals surface area (Å²) in [6, 6.07) is 2.86. The normalized spacial score (nSPS) is 18.1. The monoisotopic (exact) mass is 282 g/mol. The van der Waals surface area contributed by atoms with Gasteiger partial charge in [-0.2, -0.15) is 0 Å². The number of nitrogens with one attached hydrogen (secondary N) is 1. The van der Waals surface area contributed by atoms with Crippen molar-refractivity contribution in [2.75, 3.05) is 18.5 Å². The van der Waals surface area contributed by atoms with E-state index in [-0.39, 0.29) is 18.3 Å². The van der Waals surface area contributed by atoms with E-state index in [1.807, 2.05) is 0 Å². The van der Waals surface area contributed by atoms with E-state index in [0.717, 1.165) is 12.5 Å². The molecule has 1 aliphatic rings. The number of hydrogen-bond donors (Lipinski definition) is 3. The Bertz CT molecular complexity index is 535. The molecule has 2 rings (SSSR count). The number of amides is 2. The molecule has 1 fully saturated rings. The first-order chi connectivity index (χ1) is 9.54. The Morgan fingerprint density at radius 1 is 1.45 bits per heavy atom. The number of likely N-dealkylation sites (tertiary alicyclic amines) is 1. The number of aliphatic hydroxyl groups is 1. The lowest BCUT2D eigenvalue weighted by Crippen LogP contribution is -2.40. The fourth-order valence-corrected chi connectivity index (χ4v) is 2.33. The minimum absolute atomic E-state index is 0.0916. The Labute approximate surface area is 114 Å². The molecular weight excluding hydrogens is 267 g/mol. The molecule has 1 heterocycles. The Morgan fingerprint density at radius 3 is 2.85 bits per heavy atom. The Kier molecular flexibility index (Phi) is 4.19. The van der Waals surface area contributed by atoms with Crippen LogP contribution in [0.1, 0.15) is 23.2 Å². The number of urea groups is 1. The van der Waals surface area contributed by atoms with Crippen LogP contribution in [0.5, 0.6) is 0 Å². The molecule has 0 spiro atoms. The summed E-state index contributed by atoms with van der Waals surface area (Å²) < 4.78 is 13.5. The number of carboxylic acid groups (broad SMARTS) is 1. The Balaban J connectivity index is 2.20. The molecule has 1 unspecified atom stereocenters. The Morgan fingerprint density at radius 2 is 2.20 bits per heavy atom. The zero-order chi connectivity index (χ0) is 14.7. The highest BCUT2D eigenvalue weighted by Crippen LogP contribution is 2.22. The summed E-state index contributed by atoms with van der Waals surface area (Å²) in [5, 5.41) is 20.5. The zero-order valence-electron chi connectivity index (χ0n) is 10.7. The quantitative estimate of drug-likeness (QED) is 0.784. The highest BCUT2D eigenvalue weighted by atomic mass is 19.1. The van der Waals surface area contributed by atoms with Crippen LogP contribution in [0.25, 0.3) is 0 Å². The molecule has 1 aromatic rings. The number of benzene rings is 1. The first-order valence-corrected chi connectivity index (χ1v) is 6.25. The predicted molar refractivity (Wildman–Crippen MR) is 69.2 cm³/mol. The summed E-state index contributed by atoms with van der Waals surface area (Å²) >= 11 is 0. The molecule has 1 aromatic carbocycles. The van der Waals surface area contributed by atoms with Crippen molar-refractivity contribution in [2.24, 2.45) is 0 Å². The van der Waals surface area contributed by atoms with E-state index in [1.165, 1.54) is 17.0 Å². The number of hydrogen-bond acceptors (Lipinski definition) is 3. The van der Waals surface area contributed by atoms with Crippen molar-refractivity contribution in [1.82, 2.24) is 4.90 Å². The van der Waals surface area contributed by atoms with Gasteiger partial charge in [0, 0.05) is 6.54 Å². The maximum absolute atomic E-state index is 13.5. The standard InChI is InChI=1S/C13H15FN2O4/c14-9-4-1-5-10(11(9)12(18)19)15-13(20)16-6-2-3-8(16)7-17/h1,4-5,8,17H,2-3,6-7H2,(H,15,20)(H,18,19). The topological polar surface area (TPSA) is 89.9 Å². The molecule has 2 amide bonds. The van der Waals surface area contributed by atoms with Gasteiger partial charge >= 0.3 is 12.0 Å². The molecule has 0 bridgehead atoms. The third kappa shape index (κ3) is 2.72. The third-order valence-corrected chi connectivity index (χ3v) is 3.32. The lowest BCUT2D eigenvalue weighted by molar-refractivity contribution is 0.0693. The van der Waals surface area contributed by atoms with E-state index < -0.39 is 23.4 Å². The summed E-state index contributed by atoms with van der Waals surface area (Å²) in [6.45, 7) is 0.330. The van der Waals surface area contributed by atoms with E-state index >= 15 is 0 Å². The van der Waals surface area contributed by atoms with Gasteiger partial charge in [-0.05, 0) is 25.0 Å². The molecule has 0 aliphatic carbocycles. The number of carboxylic acids is 1. The summed E-state index contributed by atoms with van der Waals surface area (Å²) in [5.74, 6) is -2.35. The molecule has 20 heavy (non-hydrogen) atoms. The number of carbonyl (C=O) groups is 2. The molecule has 1 atom stereocenters. The molecule has 6 nitrogen and oxygen atoms in total. The second-order valence-electron chi connectivity index (χ2n) is 4.57. The zero-order valence-corrected chi connectivity index (χ0v) is 10.7. The van der Waals surface area contributed by atoms with Crippen molar-refractivity contribution in [1.29, 1.82) is 0 Å². The number of anilines is 1. The number of aliphatic hydroxyl groups excluding tert-OH is 1. The molecule has 0 radical (unpaired) electrons. The average Bonchev–Trinajstić information content (AvgIpc) is 2.86. The van der Waals surface area contributed by atoms with Crippen LogP contribution >= 0.6 is 0 Å². The number of rotatable bonds is 3.